The van der Waals surface area contributed by atoms with Gasteiger partial charge in [-0.15, -0.1) is 0 Å². The Balaban J connectivity index is 1.72. The van der Waals surface area contributed by atoms with Crippen LogP contribution < -0.4 is 10.5 Å². The van der Waals surface area contributed by atoms with E-state index in [1.807, 2.05) is 37.6 Å². The Kier molecular flexibility index (Phi) is 5.79. The van der Waals surface area contributed by atoms with Crippen LogP contribution in [0.3, 0.4) is 0 Å². The maximum absolute atomic E-state index is 14.8. The highest BCUT2D eigenvalue weighted by Crippen LogP contribution is 2.38. The number of carbonyl (C=O) groups is 1. The second-order valence-corrected chi connectivity index (χ2v) is 9.80. The lowest BCUT2D eigenvalue weighted by Crippen LogP contribution is -2.11. The van der Waals surface area contributed by atoms with Crippen LogP contribution in [0, 0.1) is 11.7 Å². The molecule has 184 valence electrons. The van der Waals surface area contributed by atoms with E-state index in [0.29, 0.717) is 34.1 Å². The third kappa shape index (κ3) is 4.16. The van der Waals surface area contributed by atoms with Crippen LogP contribution in [0.5, 0.6) is 5.75 Å². The number of halogens is 1. The van der Waals surface area contributed by atoms with Crippen LogP contribution in [0.4, 0.5) is 4.39 Å². The zero-order valence-electron chi connectivity index (χ0n) is 20.8. The molecule has 0 bridgehead atoms. The van der Waals surface area contributed by atoms with E-state index in [0.717, 1.165) is 28.7 Å². The average molecular weight is 479 g/mol. The number of nitrogens with two attached hydrogens (primary N) is 1. The summed E-state index contributed by atoms with van der Waals surface area (Å²) in [7, 11) is 3.49. The van der Waals surface area contributed by atoms with Gasteiger partial charge in [0.1, 0.15) is 17.1 Å². The summed E-state index contributed by atoms with van der Waals surface area (Å²) >= 11 is 0. The van der Waals surface area contributed by atoms with Gasteiger partial charge >= 0.3 is 5.97 Å². The number of aryl methyl sites for hydroxylation is 1. The number of carbonyl (C=O) groups excluding carboxylic acids is 1. The summed E-state index contributed by atoms with van der Waals surface area (Å²) in [5.74, 6) is 1.12. The highest BCUT2D eigenvalue weighted by molar-refractivity contribution is 5.97. The summed E-state index contributed by atoms with van der Waals surface area (Å²) in [4.78, 5) is 17.5. The average Bonchev–Trinajstić information content (AvgIpc) is 3.47. The van der Waals surface area contributed by atoms with Crippen LogP contribution in [0.1, 0.15) is 55.6 Å². The van der Waals surface area contributed by atoms with Crippen molar-refractivity contribution in [2.75, 3.05) is 7.11 Å². The van der Waals surface area contributed by atoms with Crippen molar-refractivity contribution >= 4 is 27.9 Å². The number of imidazole rings is 1. The number of methoxy groups -OCH3 is 1. The SMILES string of the molecule is COc1cc(C(=O)OC(C)C)cc2nc(-c3cc4cc(F)c([C@@H](C)N)cc4n3CC3CC3)n(C)c12. The number of benzene rings is 2. The lowest BCUT2D eigenvalue weighted by molar-refractivity contribution is 0.0377. The van der Waals surface area contributed by atoms with Crippen molar-refractivity contribution in [3.63, 3.8) is 0 Å². The fraction of sp³-hybridized carbons (Fsp3) is 0.407. The maximum Gasteiger partial charge on any atom is 0.338 e. The smallest absolute Gasteiger partial charge is 0.338 e. The van der Waals surface area contributed by atoms with E-state index in [4.69, 9.17) is 20.2 Å². The second-order valence-electron chi connectivity index (χ2n) is 9.80. The Bertz CT molecular complexity index is 1450. The van der Waals surface area contributed by atoms with Gasteiger partial charge in [0.15, 0.2) is 5.82 Å². The van der Waals surface area contributed by atoms with E-state index < -0.39 is 12.0 Å². The van der Waals surface area contributed by atoms with Gasteiger partial charge in [-0.3, -0.25) is 0 Å². The summed E-state index contributed by atoms with van der Waals surface area (Å²) in [5.41, 5.74) is 10.2. The molecule has 1 saturated carbocycles. The quantitative estimate of drug-likeness (QED) is 0.363. The van der Waals surface area contributed by atoms with Gasteiger partial charge in [0.05, 0.1) is 30.0 Å². The first-order chi connectivity index (χ1) is 16.7. The van der Waals surface area contributed by atoms with Crippen molar-refractivity contribution < 1.29 is 18.7 Å². The zero-order valence-corrected chi connectivity index (χ0v) is 20.8. The summed E-state index contributed by atoms with van der Waals surface area (Å²) in [6.07, 6.45) is 2.12. The molecule has 2 aromatic heterocycles. The Labute approximate surface area is 203 Å². The molecule has 0 radical (unpaired) electrons. The van der Waals surface area contributed by atoms with Crippen molar-refractivity contribution in [2.45, 2.75) is 52.3 Å². The fourth-order valence-electron chi connectivity index (χ4n) is 4.68. The second kappa shape index (κ2) is 8.68. The number of ether oxygens (including phenoxy) is 2. The minimum atomic E-state index is -0.422. The van der Waals surface area contributed by atoms with Gasteiger partial charge in [0.2, 0.25) is 0 Å². The highest BCUT2D eigenvalue weighted by atomic mass is 19.1. The first-order valence-corrected chi connectivity index (χ1v) is 12.0. The Morgan fingerprint density at radius 1 is 1.20 bits per heavy atom. The molecule has 5 rings (SSSR count). The van der Waals surface area contributed by atoms with Gasteiger partial charge in [0, 0.05) is 36.1 Å². The Morgan fingerprint density at radius 3 is 2.57 bits per heavy atom. The van der Waals surface area contributed by atoms with E-state index in [-0.39, 0.29) is 11.9 Å². The molecule has 1 atom stereocenters. The summed E-state index contributed by atoms with van der Waals surface area (Å²) < 4.78 is 30.0. The summed E-state index contributed by atoms with van der Waals surface area (Å²) in [6.45, 7) is 6.24. The van der Waals surface area contributed by atoms with Crippen LogP contribution in [-0.2, 0) is 18.3 Å². The minimum absolute atomic E-state index is 0.233. The van der Waals surface area contributed by atoms with Crippen molar-refractivity contribution in [1.29, 1.82) is 0 Å². The molecule has 7 nitrogen and oxygen atoms in total. The first kappa shape index (κ1) is 23.4. The molecule has 1 aliphatic carbocycles. The molecular weight excluding hydrogens is 447 g/mol. The molecule has 0 saturated heterocycles. The lowest BCUT2D eigenvalue weighted by Gasteiger charge is -2.13. The molecule has 8 heteroatoms. The van der Waals surface area contributed by atoms with Gasteiger partial charge in [-0.05, 0) is 69.9 Å². The zero-order chi connectivity index (χ0) is 25.0. The van der Waals surface area contributed by atoms with E-state index in [1.165, 1.54) is 12.8 Å². The largest absolute Gasteiger partial charge is 0.494 e. The molecule has 0 unspecified atom stereocenters. The third-order valence-corrected chi connectivity index (χ3v) is 6.61. The monoisotopic (exact) mass is 478 g/mol. The van der Waals surface area contributed by atoms with Gasteiger partial charge < -0.3 is 24.3 Å². The minimum Gasteiger partial charge on any atom is -0.494 e. The standard InChI is InChI=1S/C27H31FN4O3/c1-14(2)35-27(33)18-9-21-25(24(11-18)34-5)31(4)26(30-21)23-10-17-8-20(28)19(15(3)29)12-22(17)32(23)13-16-6-7-16/h8-12,14-16H,6-7,13,29H2,1-5H3/t15-/m1/s1. The number of aromatic nitrogens is 3. The van der Waals surface area contributed by atoms with Crippen molar-refractivity contribution in [3.8, 4) is 17.3 Å². The maximum atomic E-state index is 14.8. The van der Waals surface area contributed by atoms with Gasteiger partial charge in [-0.1, -0.05) is 0 Å². The van der Waals surface area contributed by atoms with Crippen LogP contribution in [0.15, 0.2) is 30.3 Å². The number of rotatable bonds is 7. The molecule has 2 heterocycles. The molecule has 0 amide bonds. The van der Waals surface area contributed by atoms with Crippen LogP contribution in [-0.4, -0.2) is 33.3 Å². The predicted molar refractivity (Wildman–Crippen MR) is 134 cm³/mol. The van der Waals surface area contributed by atoms with Crippen molar-refractivity contribution in [3.05, 3.63) is 47.3 Å². The summed E-state index contributed by atoms with van der Waals surface area (Å²) in [6, 6.07) is 8.41. The molecule has 1 aliphatic rings. The van der Waals surface area contributed by atoms with Crippen LogP contribution >= 0.6 is 0 Å². The van der Waals surface area contributed by atoms with Crippen molar-refractivity contribution in [1.82, 2.24) is 14.1 Å². The van der Waals surface area contributed by atoms with Crippen molar-refractivity contribution in [2.24, 2.45) is 18.7 Å². The Hall–Kier alpha value is -3.39. The molecule has 35 heavy (non-hydrogen) atoms. The molecule has 0 spiro atoms. The third-order valence-electron chi connectivity index (χ3n) is 6.61. The van der Waals surface area contributed by atoms with E-state index in [1.54, 1.807) is 32.2 Å². The molecule has 2 aromatic carbocycles. The van der Waals surface area contributed by atoms with E-state index in [2.05, 4.69) is 4.57 Å². The van der Waals surface area contributed by atoms with Crippen LogP contribution in [0.2, 0.25) is 0 Å². The van der Waals surface area contributed by atoms with E-state index >= 15 is 0 Å². The molecule has 4 aromatic rings. The van der Waals surface area contributed by atoms with Gasteiger partial charge in [-0.2, -0.15) is 0 Å². The highest BCUT2D eigenvalue weighted by Gasteiger charge is 2.27. The topological polar surface area (TPSA) is 84.3 Å². The molecule has 1 fully saturated rings. The number of hydrogen-bond acceptors (Lipinski definition) is 5. The summed E-state index contributed by atoms with van der Waals surface area (Å²) in [5, 5.41) is 0.808. The van der Waals surface area contributed by atoms with E-state index in [9.17, 15) is 9.18 Å². The first-order valence-electron chi connectivity index (χ1n) is 12.0. The number of fused-ring (bicyclic) bond motifs is 2. The normalized spacial score (nSPS) is 14.7. The number of nitrogens with zero attached hydrogens (tertiary/aromatic N) is 3. The molecular formula is C27H31FN4O3. The van der Waals surface area contributed by atoms with Crippen LogP contribution in [0.25, 0.3) is 33.5 Å². The fourth-order valence-corrected chi connectivity index (χ4v) is 4.68. The molecule has 2 N–H and O–H groups in total. The lowest BCUT2D eigenvalue weighted by atomic mass is 10.1. The number of hydrogen-bond donors (Lipinski definition) is 1. The predicted octanol–water partition coefficient (Wildman–Crippen LogP) is 5.34. The molecule has 0 aliphatic heterocycles. The number of esters is 1. The van der Waals surface area contributed by atoms with Gasteiger partial charge in [0.25, 0.3) is 0 Å². The van der Waals surface area contributed by atoms with Gasteiger partial charge in [-0.25, -0.2) is 14.2 Å². The Morgan fingerprint density at radius 2 is 1.94 bits per heavy atom.